The van der Waals surface area contributed by atoms with Crippen molar-refractivity contribution in [3.8, 4) is 0 Å². The molecule has 1 atom stereocenters. The fourth-order valence-electron chi connectivity index (χ4n) is 2.63. The highest BCUT2D eigenvalue weighted by Crippen LogP contribution is 2.21. The Balaban J connectivity index is 1.65. The molecule has 1 aliphatic heterocycles. The molecule has 0 spiro atoms. The van der Waals surface area contributed by atoms with Gasteiger partial charge in [-0.2, -0.15) is 0 Å². The lowest BCUT2D eigenvalue weighted by molar-refractivity contribution is -0.144. The molecule has 1 aromatic carbocycles. The number of thioether (sulfide) groups is 1. The second-order valence-corrected chi connectivity index (χ2v) is 6.43. The fourth-order valence-corrected chi connectivity index (χ4v) is 3.54. The van der Waals surface area contributed by atoms with Crippen LogP contribution in [0.5, 0.6) is 0 Å². The van der Waals surface area contributed by atoms with Gasteiger partial charge in [0.15, 0.2) is 0 Å². The minimum absolute atomic E-state index is 0.416. The Bertz CT molecular complexity index is 659. The van der Waals surface area contributed by atoms with Gasteiger partial charge in [0.25, 0.3) is 0 Å². The smallest absolute Gasteiger partial charge is 0.322 e. The molecule has 7 heteroatoms. The molecule has 0 aliphatic carbocycles. The summed E-state index contributed by atoms with van der Waals surface area (Å²) in [4.78, 5) is 14.7. The number of hydrogen-bond donors (Lipinski definition) is 1. The second kappa shape index (κ2) is 6.50. The van der Waals surface area contributed by atoms with Crippen LogP contribution in [0, 0.1) is 6.92 Å². The highest BCUT2D eigenvalue weighted by molar-refractivity contribution is 7.99. The molecule has 0 fully saturated rings. The molecule has 3 rings (SSSR count). The average molecular weight is 318 g/mol. The second-order valence-electron chi connectivity index (χ2n) is 5.26. The standard InChI is InChI=1S/C15H18N4O2S/c1-11-16-17-14-10-18(13(15(20)21)9-19(11)14)7-8-22-12-5-3-2-4-6-12/h2-6,13H,7-10H2,1H3,(H,20,21). The first kappa shape index (κ1) is 15.1. The first-order valence-corrected chi connectivity index (χ1v) is 8.17. The van der Waals surface area contributed by atoms with Crippen molar-refractivity contribution in [2.75, 3.05) is 12.3 Å². The van der Waals surface area contributed by atoms with Crippen molar-refractivity contribution in [3.05, 3.63) is 42.0 Å². The number of benzene rings is 1. The summed E-state index contributed by atoms with van der Waals surface area (Å²) >= 11 is 1.74. The molecule has 0 radical (unpaired) electrons. The van der Waals surface area contributed by atoms with Crippen LogP contribution in [-0.4, -0.2) is 49.1 Å². The lowest BCUT2D eigenvalue weighted by Gasteiger charge is -2.33. The van der Waals surface area contributed by atoms with Gasteiger partial charge in [-0.05, 0) is 19.1 Å². The van der Waals surface area contributed by atoms with E-state index in [0.29, 0.717) is 19.6 Å². The van der Waals surface area contributed by atoms with Crippen molar-refractivity contribution >= 4 is 17.7 Å². The Labute approximate surface area is 133 Å². The van der Waals surface area contributed by atoms with Gasteiger partial charge < -0.3 is 9.67 Å². The summed E-state index contributed by atoms with van der Waals surface area (Å²) in [6.45, 7) is 3.52. The molecule has 116 valence electrons. The molecular formula is C15H18N4O2S. The quantitative estimate of drug-likeness (QED) is 0.845. The number of fused-ring (bicyclic) bond motifs is 1. The maximum absolute atomic E-state index is 11.5. The van der Waals surface area contributed by atoms with Crippen molar-refractivity contribution in [1.29, 1.82) is 0 Å². The molecule has 2 heterocycles. The van der Waals surface area contributed by atoms with Gasteiger partial charge in [-0.15, -0.1) is 22.0 Å². The lowest BCUT2D eigenvalue weighted by atomic mass is 10.2. The molecule has 1 aliphatic rings. The van der Waals surface area contributed by atoms with E-state index in [4.69, 9.17) is 0 Å². The van der Waals surface area contributed by atoms with Crippen LogP contribution in [0.2, 0.25) is 0 Å². The molecule has 2 aromatic rings. The molecule has 22 heavy (non-hydrogen) atoms. The van der Waals surface area contributed by atoms with Gasteiger partial charge in [-0.1, -0.05) is 18.2 Å². The van der Waals surface area contributed by atoms with E-state index in [0.717, 1.165) is 17.4 Å². The summed E-state index contributed by atoms with van der Waals surface area (Å²) in [6, 6.07) is 9.62. The van der Waals surface area contributed by atoms with Crippen molar-refractivity contribution in [1.82, 2.24) is 19.7 Å². The third-order valence-corrected chi connectivity index (χ3v) is 4.82. The predicted octanol–water partition coefficient (Wildman–Crippen LogP) is 1.65. The van der Waals surface area contributed by atoms with Crippen LogP contribution in [0.25, 0.3) is 0 Å². The van der Waals surface area contributed by atoms with Gasteiger partial charge in [-0.25, -0.2) is 0 Å². The fraction of sp³-hybridized carbons (Fsp3) is 0.400. The molecule has 0 saturated carbocycles. The molecular weight excluding hydrogens is 300 g/mol. The number of aryl methyl sites for hydroxylation is 1. The zero-order chi connectivity index (χ0) is 15.5. The molecule has 1 N–H and O–H groups in total. The zero-order valence-corrected chi connectivity index (χ0v) is 13.2. The van der Waals surface area contributed by atoms with Gasteiger partial charge in [0.2, 0.25) is 0 Å². The predicted molar refractivity (Wildman–Crippen MR) is 83.8 cm³/mol. The van der Waals surface area contributed by atoms with E-state index in [1.807, 2.05) is 34.6 Å². The lowest BCUT2D eigenvalue weighted by Crippen LogP contribution is -2.48. The van der Waals surface area contributed by atoms with E-state index in [1.165, 1.54) is 4.90 Å². The number of rotatable bonds is 5. The topological polar surface area (TPSA) is 71.2 Å². The number of hydrogen-bond acceptors (Lipinski definition) is 5. The van der Waals surface area contributed by atoms with Crippen molar-refractivity contribution in [3.63, 3.8) is 0 Å². The Kier molecular flexibility index (Phi) is 4.44. The van der Waals surface area contributed by atoms with Crippen LogP contribution in [0.15, 0.2) is 35.2 Å². The Morgan fingerprint density at radius 3 is 2.86 bits per heavy atom. The van der Waals surface area contributed by atoms with E-state index in [2.05, 4.69) is 22.3 Å². The largest absolute Gasteiger partial charge is 0.480 e. The number of aliphatic carboxylic acids is 1. The van der Waals surface area contributed by atoms with Crippen LogP contribution in [0.3, 0.4) is 0 Å². The van der Waals surface area contributed by atoms with Gasteiger partial charge in [0.1, 0.15) is 17.7 Å². The molecule has 0 saturated heterocycles. The maximum atomic E-state index is 11.5. The van der Waals surface area contributed by atoms with E-state index < -0.39 is 12.0 Å². The van der Waals surface area contributed by atoms with Crippen molar-refractivity contribution < 1.29 is 9.90 Å². The summed E-state index contributed by atoms with van der Waals surface area (Å²) in [5.41, 5.74) is 0. The van der Waals surface area contributed by atoms with Crippen LogP contribution in [-0.2, 0) is 17.9 Å². The van der Waals surface area contributed by atoms with Crippen LogP contribution >= 0.6 is 11.8 Å². The zero-order valence-electron chi connectivity index (χ0n) is 12.3. The molecule has 6 nitrogen and oxygen atoms in total. The Morgan fingerprint density at radius 1 is 1.36 bits per heavy atom. The maximum Gasteiger partial charge on any atom is 0.322 e. The number of aromatic nitrogens is 3. The third kappa shape index (κ3) is 3.15. The SMILES string of the molecule is Cc1nnc2n1CC(C(=O)O)N(CCSc1ccccc1)C2. The number of carboxylic acid groups (broad SMARTS) is 1. The van der Waals surface area contributed by atoms with Gasteiger partial charge in [0.05, 0.1) is 13.1 Å². The van der Waals surface area contributed by atoms with Gasteiger partial charge >= 0.3 is 5.97 Å². The van der Waals surface area contributed by atoms with Crippen molar-refractivity contribution in [2.24, 2.45) is 0 Å². The monoisotopic (exact) mass is 318 g/mol. The first-order valence-electron chi connectivity index (χ1n) is 7.18. The first-order chi connectivity index (χ1) is 10.6. The molecule has 0 bridgehead atoms. The Morgan fingerprint density at radius 2 is 2.14 bits per heavy atom. The van der Waals surface area contributed by atoms with E-state index >= 15 is 0 Å². The highest BCUT2D eigenvalue weighted by Gasteiger charge is 2.32. The normalized spacial score (nSPS) is 18.1. The number of nitrogens with zero attached hydrogens (tertiary/aromatic N) is 4. The summed E-state index contributed by atoms with van der Waals surface area (Å²) in [7, 11) is 0. The summed E-state index contributed by atoms with van der Waals surface area (Å²) < 4.78 is 1.90. The van der Waals surface area contributed by atoms with Crippen molar-refractivity contribution in [2.45, 2.75) is 31.0 Å². The van der Waals surface area contributed by atoms with E-state index in [9.17, 15) is 9.90 Å². The minimum atomic E-state index is -0.788. The van der Waals surface area contributed by atoms with Gasteiger partial charge in [-0.3, -0.25) is 9.69 Å². The minimum Gasteiger partial charge on any atom is -0.480 e. The molecule has 1 unspecified atom stereocenters. The molecule has 1 aromatic heterocycles. The summed E-state index contributed by atoms with van der Waals surface area (Å²) in [6.07, 6.45) is 0. The van der Waals surface area contributed by atoms with Crippen LogP contribution in [0.4, 0.5) is 0 Å². The summed E-state index contributed by atoms with van der Waals surface area (Å²) in [5, 5.41) is 17.7. The molecule has 0 amide bonds. The van der Waals surface area contributed by atoms with E-state index in [-0.39, 0.29) is 0 Å². The van der Waals surface area contributed by atoms with Crippen LogP contribution < -0.4 is 0 Å². The average Bonchev–Trinajstić information content (AvgIpc) is 2.88. The number of carbonyl (C=O) groups is 1. The highest BCUT2D eigenvalue weighted by atomic mass is 32.2. The third-order valence-electron chi connectivity index (χ3n) is 3.83. The number of carboxylic acids is 1. The van der Waals surface area contributed by atoms with E-state index in [1.54, 1.807) is 11.8 Å². The Hall–Kier alpha value is -1.86. The van der Waals surface area contributed by atoms with Gasteiger partial charge in [0, 0.05) is 17.2 Å². The summed E-state index contributed by atoms with van der Waals surface area (Å²) in [5.74, 6) is 1.68. The van der Waals surface area contributed by atoms with Crippen LogP contribution in [0.1, 0.15) is 11.6 Å².